The summed E-state index contributed by atoms with van der Waals surface area (Å²) in [7, 11) is 3.40. The Balaban J connectivity index is 0.00000432. The number of rotatable bonds is 16. The van der Waals surface area contributed by atoms with Crippen LogP contribution in [0.1, 0.15) is 133 Å². The second-order valence-corrected chi connectivity index (χ2v) is 20.2. The number of halogens is 2. The molecule has 6 N–H and O–H groups in total. The molecule has 0 bridgehead atoms. The maximum absolute atomic E-state index is 14.9. The Labute approximate surface area is 414 Å². The summed E-state index contributed by atoms with van der Waals surface area (Å²) in [4.78, 5) is 73.7. The molecule has 3 heterocycles. The van der Waals surface area contributed by atoms with E-state index in [1.54, 1.807) is 37.5 Å². The molecule has 2 aromatic carbocycles. The molecule has 68 heavy (non-hydrogen) atoms. The molecular weight excluding hydrogens is 906 g/mol. The van der Waals surface area contributed by atoms with E-state index in [1.807, 2.05) is 44.0 Å². The largest absolute Gasteiger partial charge is 0.347 e. The summed E-state index contributed by atoms with van der Waals surface area (Å²) >= 11 is 0. The number of likely N-dealkylation sites (N-methyl/N-ethyl adjacent to an activating group) is 2. The normalized spacial score (nSPS) is 23.3. The van der Waals surface area contributed by atoms with Crippen molar-refractivity contribution in [1.82, 2.24) is 56.7 Å². The molecule has 16 nitrogen and oxygen atoms in total. The molecule has 3 aromatic rings. The van der Waals surface area contributed by atoms with Gasteiger partial charge in [0.05, 0.1) is 29.9 Å². The van der Waals surface area contributed by atoms with E-state index in [-0.39, 0.29) is 91.0 Å². The number of nitrogens with zero attached hydrogens (tertiary/aromatic N) is 5. The molecule has 0 radical (unpaired) electrons. The Morgan fingerprint density at radius 1 is 0.750 bits per heavy atom. The third-order valence-electron chi connectivity index (χ3n) is 14.6. The van der Waals surface area contributed by atoms with Crippen LogP contribution in [0.15, 0.2) is 54.7 Å². The topological polar surface area (TPSA) is 195 Å². The number of carbonyl (C=O) groups is 5. The van der Waals surface area contributed by atoms with E-state index in [0.717, 1.165) is 44.1 Å². The van der Waals surface area contributed by atoms with Crippen LogP contribution in [-0.4, -0.2) is 124 Å². The predicted octanol–water partition coefficient (Wildman–Crippen LogP) is 4.28. The fourth-order valence-corrected chi connectivity index (χ4v) is 10.4. The van der Waals surface area contributed by atoms with Crippen molar-refractivity contribution < 1.29 is 24.0 Å². The summed E-state index contributed by atoms with van der Waals surface area (Å²) in [5.41, 5.74) is 4.92. The number of aromatic nitrogens is 3. The zero-order valence-corrected chi connectivity index (χ0v) is 42.7. The first-order valence-electron chi connectivity index (χ1n) is 24.3. The highest BCUT2D eigenvalue weighted by Gasteiger charge is 2.46. The number of likely N-dealkylation sites (tertiary alicyclic amines) is 2. The molecule has 2 saturated heterocycles. The van der Waals surface area contributed by atoms with Crippen LogP contribution in [0.3, 0.4) is 0 Å². The number of hydrogen-bond acceptors (Lipinski definition) is 10. The molecule has 0 spiro atoms. The second-order valence-electron chi connectivity index (χ2n) is 20.2. The van der Waals surface area contributed by atoms with Gasteiger partial charge in [0, 0.05) is 43.8 Å². The fourth-order valence-electron chi connectivity index (χ4n) is 10.4. The molecule has 2 aliphatic carbocycles. The summed E-state index contributed by atoms with van der Waals surface area (Å²) in [6.07, 6.45) is 9.52. The number of benzene rings is 2. The Bertz CT molecular complexity index is 2220. The minimum absolute atomic E-state index is 0. The first-order chi connectivity index (χ1) is 31.6. The minimum Gasteiger partial charge on any atom is -0.347 e. The molecule has 18 heteroatoms. The maximum atomic E-state index is 14.9. The summed E-state index contributed by atoms with van der Waals surface area (Å²) < 4.78 is 1.78. The van der Waals surface area contributed by atoms with Gasteiger partial charge in [0.25, 0.3) is 0 Å². The number of aryl methyl sites for hydroxylation is 2. The lowest BCUT2D eigenvalue weighted by atomic mass is 9.85. The zero-order valence-electron chi connectivity index (χ0n) is 41.0. The molecular formula is C50H75Cl2N11O5. The van der Waals surface area contributed by atoms with E-state index in [9.17, 15) is 24.0 Å². The number of carbonyl (C=O) groups excluding carboxylic acids is 5. The highest BCUT2D eigenvalue weighted by molar-refractivity contribution is 5.94. The summed E-state index contributed by atoms with van der Waals surface area (Å²) in [6.45, 7) is 12.3. The molecule has 5 amide bonds. The molecule has 1 aromatic heterocycles. The Morgan fingerprint density at radius 3 is 1.96 bits per heavy atom. The van der Waals surface area contributed by atoms with Crippen LogP contribution in [-0.2, 0) is 43.2 Å². The van der Waals surface area contributed by atoms with Gasteiger partial charge in [-0.1, -0.05) is 74.5 Å². The molecule has 0 saturated carbocycles. The van der Waals surface area contributed by atoms with E-state index in [2.05, 4.69) is 85.5 Å². The van der Waals surface area contributed by atoms with E-state index in [1.165, 1.54) is 16.7 Å². The summed E-state index contributed by atoms with van der Waals surface area (Å²) in [5.74, 6) is -1.28. The second kappa shape index (κ2) is 23.8. The highest BCUT2D eigenvalue weighted by Crippen LogP contribution is 2.36. The van der Waals surface area contributed by atoms with Crippen LogP contribution in [0.5, 0.6) is 0 Å². The monoisotopic (exact) mass is 980 g/mol. The van der Waals surface area contributed by atoms with Crippen molar-refractivity contribution in [3.8, 4) is 0 Å². The lowest BCUT2D eigenvalue weighted by Gasteiger charge is -2.39. The van der Waals surface area contributed by atoms with E-state index in [0.29, 0.717) is 38.0 Å². The smallest absolute Gasteiger partial charge is 0.246 e. The Kier molecular flexibility index (Phi) is 19.0. The summed E-state index contributed by atoms with van der Waals surface area (Å²) in [5, 5.41) is 28.3. The van der Waals surface area contributed by atoms with Crippen molar-refractivity contribution in [3.05, 3.63) is 82.7 Å². The van der Waals surface area contributed by atoms with Gasteiger partial charge < -0.3 is 41.7 Å². The lowest BCUT2D eigenvalue weighted by Crippen LogP contribution is -2.60. The van der Waals surface area contributed by atoms with E-state index < -0.39 is 35.6 Å². The number of amides is 5. The Hall–Kier alpha value is -4.61. The van der Waals surface area contributed by atoms with E-state index in [4.69, 9.17) is 0 Å². The van der Waals surface area contributed by atoms with Gasteiger partial charge in [0.1, 0.15) is 18.1 Å². The molecule has 7 rings (SSSR count). The third kappa shape index (κ3) is 12.4. The van der Waals surface area contributed by atoms with Crippen LogP contribution in [0, 0.1) is 5.41 Å². The van der Waals surface area contributed by atoms with Crippen LogP contribution < -0.4 is 31.9 Å². The van der Waals surface area contributed by atoms with Gasteiger partial charge >= 0.3 is 0 Å². The number of nitrogens with one attached hydrogen (secondary N) is 6. The minimum atomic E-state index is -1.00. The van der Waals surface area contributed by atoms with Crippen molar-refractivity contribution in [2.24, 2.45) is 5.41 Å². The van der Waals surface area contributed by atoms with Crippen molar-refractivity contribution in [3.63, 3.8) is 0 Å². The Morgan fingerprint density at radius 2 is 1.34 bits per heavy atom. The molecule has 374 valence electrons. The maximum Gasteiger partial charge on any atom is 0.246 e. The van der Waals surface area contributed by atoms with Crippen LogP contribution in [0.2, 0.25) is 0 Å². The van der Waals surface area contributed by atoms with Crippen LogP contribution >= 0.6 is 24.8 Å². The molecule has 4 aliphatic rings. The van der Waals surface area contributed by atoms with Crippen molar-refractivity contribution in [2.75, 3.05) is 27.2 Å². The average Bonchev–Trinajstić information content (AvgIpc) is 4.10. The van der Waals surface area contributed by atoms with Crippen LogP contribution in [0.25, 0.3) is 0 Å². The molecule has 10 atom stereocenters. The zero-order chi connectivity index (χ0) is 47.3. The van der Waals surface area contributed by atoms with Gasteiger partial charge in [0.15, 0.2) is 0 Å². The van der Waals surface area contributed by atoms with Gasteiger partial charge in [-0.05, 0) is 120 Å². The van der Waals surface area contributed by atoms with Gasteiger partial charge in [-0.25, -0.2) is 4.68 Å². The first-order valence-corrected chi connectivity index (χ1v) is 24.3. The summed E-state index contributed by atoms with van der Waals surface area (Å²) in [6, 6.07) is 12.6. The van der Waals surface area contributed by atoms with Crippen molar-refractivity contribution in [1.29, 1.82) is 0 Å². The highest BCUT2D eigenvalue weighted by atomic mass is 35.5. The first kappa shape index (κ1) is 54.3. The standard InChI is InChI=1S/C50H73N11O5.2ClH/c1-30(53-39-22-13-18-33-16-9-11-20-37(33)39)43-27-36(29-60(43)49(66)44(50(4,5)6)56-46(63)32(3)52-8)61-28-35(57-58-61)26-41(55-45(62)31(2)51-7)48(65)59-25-15-24-42(59)47(64)54-40-23-14-19-34-17-10-12-21-38(34)40;;/h9-12,16-17,20-21,28,30-32,36,39-44,51-53H,13-15,18-19,22-27,29H2,1-8H3,(H,54,64)(H,55,62)(H,56,63);2*1H/t30?,31-,32-,36-,39+,40+,41-,42-,43-,44+;;/m0../s1. The fraction of sp³-hybridized carbons (Fsp3) is 0.620. The molecule has 2 fully saturated rings. The molecule has 1 unspecified atom stereocenters. The van der Waals surface area contributed by atoms with Gasteiger partial charge in [-0.15, -0.1) is 29.9 Å². The van der Waals surface area contributed by atoms with E-state index >= 15 is 0 Å². The third-order valence-corrected chi connectivity index (χ3v) is 14.6. The average molecular weight is 981 g/mol. The van der Waals surface area contributed by atoms with Crippen molar-refractivity contribution in [2.45, 2.75) is 166 Å². The predicted molar refractivity (Wildman–Crippen MR) is 267 cm³/mol. The quantitative estimate of drug-likeness (QED) is 0.121. The number of fused-ring (bicyclic) bond motifs is 2. The van der Waals surface area contributed by atoms with Gasteiger partial charge in [-0.2, -0.15) is 0 Å². The van der Waals surface area contributed by atoms with Crippen LogP contribution in [0.4, 0.5) is 0 Å². The SMILES string of the molecule is CN[C@@H](C)C(=O)N[C@@H](Cc1cn([C@H]2C[C@@H](C(C)N[C@@H]3CCCc4ccccc43)N(C(=O)[C@@H](NC(=O)[C@H](C)NC)C(C)(C)C)C2)nn1)C(=O)N1CCC[C@H]1C(=O)N[C@@H]1CCCc2ccccc21.Cl.Cl. The number of hydrogen-bond donors (Lipinski definition) is 6. The van der Waals surface area contributed by atoms with Gasteiger partial charge in [0.2, 0.25) is 29.5 Å². The van der Waals surface area contributed by atoms with Gasteiger partial charge in [-0.3, -0.25) is 24.0 Å². The van der Waals surface area contributed by atoms with Crippen molar-refractivity contribution >= 4 is 54.3 Å². The molecule has 2 aliphatic heterocycles. The lowest BCUT2D eigenvalue weighted by molar-refractivity contribution is -0.141.